The highest BCUT2D eigenvalue weighted by Crippen LogP contribution is 2.21. The molecule has 1 aromatic rings. The average Bonchev–Trinajstić information content (AvgIpc) is 2.99. The molecule has 2 rings (SSSR count). The zero-order valence-corrected chi connectivity index (χ0v) is 13.5. The van der Waals surface area contributed by atoms with E-state index in [4.69, 9.17) is 0 Å². The molecular formula is C13H25N5O2S. The lowest BCUT2D eigenvalue weighted by Crippen LogP contribution is -2.52. The Morgan fingerprint density at radius 1 is 1.52 bits per heavy atom. The molecule has 0 aromatic carbocycles. The first kappa shape index (κ1) is 16.4. The lowest BCUT2D eigenvalue weighted by Gasteiger charge is -2.35. The van der Waals surface area contributed by atoms with Gasteiger partial charge in [-0.1, -0.05) is 13.3 Å². The van der Waals surface area contributed by atoms with Crippen LogP contribution >= 0.6 is 0 Å². The standard InChI is InChI=1S/C13H25N5O2S/c1-3-14-10-12-6-4-5-9-18(12)21(19,20)17-11(2)13-15-7-8-16-13/h7-8,11-12,14,17H,3-6,9-10H2,1-2H3,(H,15,16). The molecule has 7 nitrogen and oxygen atoms in total. The van der Waals surface area contributed by atoms with Crippen LogP contribution in [0.5, 0.6) is 0 Å². The summed E-state index contributed by atoms with van der Waals surface area (Å²) in [5.41, 5.74) is 0. The second kappa shape index (κ2) is 7.35. The summed E-state index contributed by atoms with van der Waals surface area (Å²) in [4.78, 5) is 7.04. The Kier molecular flexibility index (Phi) is 5.74. The first-order valence-corrected chi connectivity index (χ1v) is 8.97. The minimum absolute atomic E-state index is 0.0278. The van der Waals surface area contributed by atoms with Gasteiger partial charge in [-0.2, -0.15) is 17.4 Å². The van der Waals surface area contributed by atoms with E-state index in [0.717, 1.165) is 25.8 Å². The molecule has 0 aliphatic carbocycles. The smallest absolute Gasteiger partial charge is 0.280 e. The van der Waals surface area contributed by atoms with Crippen LogP contribution in [0.25, 0.3) is 0 Å². The molecule has 2 atom stereocenters. The second-order valence-electron chi connectivity index (χ2n) is 5.39. The summed E-state index contributed by atoms with van der Waals surface area (Å²) in [5, 5.41) is 3.25. The maximum absolute atomic E-state index is 12.6. The summed E-state index contributed by atoms with van der Waals surface area (Å²) in [6, 6.07) is -0.341. The highest BCUT2D eigenvalue weighted by atomic mass is 32.2. The molecule has 1 aliphatic rings. The van der Waals surface area contributed by atoms with Crippen LogP contribution in [0.15, 0.2) is 12.4 Å². The molecule has 1 aliphatic heterocycles. The summed E-state index contributed by atoms with van der Waals surface area (Å²) < 4.78 is 29.5. The Bertz CT molecular complexity index is 517. The Hall–Kier alpha value is -0.960. The molecular weight excluding hydrogens is 290 g/mol. The molecule has 0 spiro atoms. The van der Waals surface area contributed by atoms with Crippen molar-refractivity contribution in [2.24, 2.45) is 0 Å². The fraction of sp³-hybridized carbons (Fsp3) is 0.769. The van der Waals surface area contributed by atoms with Crippen molar-refractivity contribution >= 4 is 10.2 Å². The molecule has 0 saturated carbocycles. The van der Waals surface area contributed by atoms with Crippen molar-refractivity contribution in [3.8, 4) is 0 Å². The summed E-state index contributed by atoms with van der Waals surface area (Å²) in [5.74, 6) is 0.624. The molecule has 1 fully saturated rings. The van der Waals surface area contributed by atoms with E-state index < -0.39 is 10.2 Å². The monoisotopic (exact) mass is 315 g/mol. The van der Waals surface area contributed by atoms with Gasteiger partial charge in [-0.15, -0.1) is 0 Å². The van der Waals surface area contributed by atoms with Gasteiger partial charge in [-0.05, 0) is 26.3 Å². The predicted octanol–water partition coefficient (Wildman–Crippen LogP) is 0.769. The quantitative estimate of drug-likeness (QED) is 0.693. The van der Waals surface area contributed by atoms with Crippen LogP contribution in [0.2, 0.25) is 0 Å². The van der Waals surface area contributed by atoms with Gasteiger partial charge in [-0.25, -0.2) is 4.98 Å². The molecule has 0 radical (unpaired) electrons. The van der Waals surface area contributed by atoms with Gasteiger partial charge in [-0.3, -0.25) is 0 Å². The van der Waals surface area contributed by atoms with Gasteiger partial charge in [0.15, 0.2) is 0 Å². The van der Waals surface area contributed by atoms with Gasteiger partial charge < -0.3 is 10.3 Å². The topological polar surface area (TPSA) is 90.1 Å². The largest absolute Gasteiger partial charge is 0.347 e. The highest BCUT2D eigenvalue weighted by molar-refractivity contribution is 7.87. The number of likely N-dealkylation sites (N-methyl/N-ethyl adjacent to an activating group) is 1. The first-order valence-electron chi connectivity index (χ1n) is 7.53. The van der Waals surface area contributed by atoms with E-state index in [1.807, 2.05) is 6.92 Å². The summed E-state index contributed by atoms with van der Waals surface area (Å²) in [7, 11) is -3.50. The van der Waals surface area contributed by atoms with Gasteiger partial charge in [0.05, 0.1) is 6.04 Å². The minimum atomic E-state index is -3.50. The normalized spacial score (nSPS) is 22.3. The Morgan fingerprint density at radius 2 is 2.33 bits per heavy atom. The highest BCUT2D eigenvalue weighted by Gasteiger charge is 2.33. The van der Waals surface area contributed by atoms with Crippen molar-refractivity contribution in [1.82, 2.24) is 24.3 Å². The van der Waals surface area contributed by atoms with E-state index in [-0.39, 0.29) is 12.1 Å². The molecule has 0 bridgehead atoms. The van der Waals surface area contributed by atoms with Crippen LogP contribution in [0, 0.1) is 0 Å². The maximum atomic E-state index is 12.6. The SMILES string of the molecule is CCNCC1CCCCN1S(=O)(=O)NC(C)c1ncc[nH]1. The Balaban J connectivity index is 2.05. The number of hydrogen-bond acceptors (Lipinski definition) is 4. The van der Waals surface area contributed by atoms with Crippen LogP contribution in [-0.2, 0) is 10.2 Å². The maximum Gasteiger partial charge on any atom is 0.280 e. The molecule has 8 heteroatoms. The van der Waals surface area contributed by atoms with Crippen molar-refractivity contribution in [3.05, 3.63) is 18.2 Å². The summed E-state index contributed by atoms with van der Waals surface area (Å²) in [6.45, 7) is 5.95. The van der Waals surface area contributed by atoms with Gasteiger partial charge in [0.2, 0.25) is 0 Å². The van der Waals surface area contributed by atoms with Crippen LogP contribution in [-0.4, -0.2) is 48.4 Å². The van der Waals surface area contributed by atoms with Crippen molar-refractivity contribution in [2.75, 3.05) is 19.6 Å². The third-order valence-corrected chi connectivity index (χ3v) is 5.52. The van der Waals surface area contributed by atoms with E-state index in [9.17, 15) is 8.42 Å². The fourth-order valence-corrected chi connectivity index (χ4v) is 4.30. The zero-order valence-electron chi connectivity index (χ0n) is 12.7. The van der Waals surface area contributed by atoms with Crippen molar-refractivity contribution in [3.63, 3.8) is 0 Å². The molecule has 21 heavy (non-hydrogen) atoms. The number of imidazole rings is 1. The molecule has 1 aromatic heterocycles. The van der Waals surface area contributed by atoms with Crippen LogP contribution in [0.1, 0.15) is 45.0 Å². The van der Waals surface area contributed by atoms with Gasteiger partial charge >= 0.3 is 0 Å². The van der Waals surface area contributed by atoms with E-state index in [0.29, 0.717) is 18.9 Å². The third kappa shape index (κ3) is 4.26. The van der Waals surface area contributed by atoms with Crippen LogP contribution in [0.3, 0.4) is 0 Å². The molecule has 2 unspecified atom stereocenters. The lowest BCUT2D eigenvalue weighted by atomic mass is 10.1. The molecule has 1 saturated heterocycles. The number of rotatable bonds is 7. The molecule has 2 heterocycles. The predicted molar refractivity (Wildman–Crippen MR) is 81.9 cm³/mol. The molecule has 3 N–H and O–H groups in total. The van der Waals surface area contributed by atoms with Crippen molar-refractivity contribution < 1.29 is 8.42 Å². The number of nitrogens with one attached hydrogen (secondary N) is 3. The lowest BCUT2D eigenvalue weighted by molar-refractivity contribution is 0.242. The zero-order chi connectivity index (χ0) is 15.3. The number of hydrogen-bond donors (Lipinski definition) is 3. The number of aromatic amines is 1. The second-order valence-corrected chi connectivity index (χ2v) is 7.04. The number of nitrogens with zero attached hydrogens (tertiary/aromatic N) is 2. The summed E-state index contributed by atoms with van der Waals surface area (Å²) >= 11 is 0. The molecule has 0 amide bonds. The average molecular weight is 315 g/mol. The third-order valence-electron chi connectivity index (χ3n) is 3.77. The van der Waals surface area contributed by atoms with Crippen molar-refractivity contribution in [2.45, 2.75) is 45.2 Å². The number of H-pyrrole nitrogens is 1. The van der Waals surface area contributed by atoms with Gasteiger partial charge in [0.1, 0.15) is 5.82 Å². The van der Waals surface area contributed by atoms with Crippen LogP contribution < -0.4 is 10.0 Å². The Morgan fingerprint density at radius 3 is 3.00 bits per heavy atom. The van der Waals surface area contributed by atoms with E-state index >= 15 is 0 Å². The molecule has 120 valence electrons. The minimum Gasteiger partial charge on any atom is -0.347 e. The van der Waals surface area contributed by atoms with E-state index in [1.165, 1.54) is 0 Å². The Labute approximate surface area is 126 Å². The summed E-state index contributed by atoms with van der Waals surface area (Å²) in [6.07, 6.45) is 6.21. The fourth-order valence-electron chi connectivity index (χ4n) is 2.67. The number of aromatic nitrogens is 2. The van der Waals surface area contributed by atoms with Gasteiger partial charge in [0.25, 0.3) is 10.2 Å². The van der Waals surface area contributed by atoms with Gasteiger partial charge in [0, 0.05) is 31.5 Å². The van der Waals surface area contributed by atoms with Crippen molar-refractivity contribution in [1.29, 1.82) is 0 Å². The van der Waals surface area contributed by atoms with Crippen LogP contribution in [0.4, 0.5) is 0 Å². The van der Waals surface area contributed by atoms with E-state index in [1.54, 1.807) is 23.6 Å². The first-order chi connectivity index (χ1) is 10.0. The van der Waals surface area contributed by atoms with E-state index in [2.05, 4.69) is 20.0 Å². The number of piperidine rings is 1.